The van der Waals surface area contributed by atoms with Gasteiger partial charge in [0.15, 0.2) is 0 Å². The van der Waals surface area contributed by atoms with Gasteiger partial charge in [0, 0.05) is 12.1 Å². The molecule has 106 valence electrons. The van der Waals surface area contributed by atoms with Gasteiger partial charge in [0.1, 0.15) is 0 Å². The number of rotatable bonds is 9. The van der Waals surface area contributed by atoms with E-state index in [4.69, 9.17) is 0 Å². The Balaban J connectivity index is 2.00. The van der Waals surface area contributed by atoms with Crippen LogP contribution in [0.25, 0.3) is 0 Å². The Labute approximate surface area is 114 Å². The van der Waals surface area contributed by atoms with E-state index in [1.165, 1.54) is 51.5 Å². The molecule has 2 heteroatoms. The van der Waals surface area contributed by atoms with Gasteiger partial charge in [-0.25, -0.2) is 0 Å². The van der Waals surface area contributed by atoms with Gasteiger partial charge in [-0.1, -0.05) is 25.3 Å². The molecule has 1 atom stereocenters. The molecule has 0 aromatic heterocycles. The van der Waals surface area contributed by atoms with Crippen molar-refractivity contribution in [3.05, 3.63) is 12.7 Å². The van der Waals surface area contributed by atoms with Gasteiger partial charge >= 0.3 is 0 Å². The third kappa shape index (κ3) is 6.55. The van der Waals surface area contributed by atoms with Crippen molar-refractivity contribution >= 4 is 0 Å². The Kier molecular flexibility index (Phi) is 8.36. The van der Waals surface area contributed by atoms with E-state index in [0.717, 1.165) is 19.0 Å². The molecule has 1 saturated carbocycles. The molecule has 0 bridgehead atoms. The molecule has 1 rings (SSSR count). The highest BCUT2D eigenvalue weighted by Gasteiger charge is 2.17. The van der Waals surface area contributed by atoms with Crippen LogP contribution in [0.2, 0.25) is 0 Å². The third-order valence-electron chi connectivity index (χ3n) is 4.18. The molecule has 1 fully saturated rings. The SMILES string of the molecule is C=CCCC(C)NCCCN(C)C1CCCCC1. The lowest BCUT2D eigenvalue weighted by Crippen LogP contribution is -2.36. The van der Waals surface area contributed by atoms with Crippen LogP contribution < -0.4 is 5.32 Å². The lowest BCUT2D eigenvalue weighted by atomic mass is 9.94. The zero-order chi connectivity index (χ0) is 13.2. The lowest BCUT2D eigenvalue weighted by Gasteiger charge is -2.31. The van der Waals surface area contributed by atoms with Crippen molar-refractivity contribution in [3.8, 4) is 0 Å². The molecule has 0 radical (unpaired) electrons. The van der Waals surface area contributed by atoms with Crippen LogP contribution in [0.5, 0.6) is 0 Å². The molecule has 1 unspecified atom stereocenters. The summed E-state index contributed by atoms with van der Waals surface area (Å²) < 4.78 is 0. The van der Waals surface area contributed by atoms with Crippen LogP contribution in [-0.2, 0) is 0 Å². The Morgan fingerprint density at radius 2 is 2.06 bits per heavy atom. The molecule has 0 saturated heterocycles. The topological polar surface area (TPSA) is 15.3 Å². The Morgan fingerprint density at radius 1 is 1.33 bits per heavy atom. The predicted octanol–water partition coefficient (Wildman–Crippen LogP) is 3.59. The first kappa shape index (κ1) is 15.7. The van der Waals surface area contributed by atoms with E-state index in [2.05, 4.69) is 30.8 Å². The molecular weight excluding hydrogens is 220 g/mol. The van der Waals surface area contributed by atoms with Gasteiger partial charge in [0.05, 0.1) is 0 Å². The van der Waals surface area contributed by atoms with E-state index in [0.29, 0.717) is 6.04 Å². The van der Waals surface area contributed by atoms with Crippen molar-refractivity contribution in [2.45, 2.75) is 70.4 Å². The summed E-state index contributed by atoms with van der Waals surface area (Å²) in [4.78, 5) is 2.58. The number of nitrogens with one attached hydrogen (secondary N) is 1. The van der Waals surface area contributed by atoms with E-state index in [9.17, 15) is 0 Å². The van der Waals surface area contributed by atoms with Crippen LogP contribution in [0.4, 0.5) is 0 Å². The smallest absolute Gasteiger partial charge is 0.00922 e. The van der Waals surface area contributed by atoms with Crippen molar-refractivity contribution in [3.63, 3.8) is 0 Å². The minimum absolute atomic E-state index is 0.628. The zero-order valence-corrected chi connectivity index (χ0v) is 12.5. The van der Waals surface area contributed by atoms with Gasteiger partial charge in [-0.3, -0.25) is 0 Å². The molecule has 0 amide bonds. The van der Waals surface area contributed by atoms with E-state index < -0.39 is 0 Å². The van der Waals surface area contributed by atoms with Gasteiger partial charge in [-0.15, -0.1) is 6.58 Å². The van der Waals surface area contributed by atoms with E-state index in [1.54, 1.807) is 0 Å². The third-order valence-corrected chi connectivity index (χ3v) is 4.18. The maximum absolute atomic E-state index is 3.77. The maximum atomic E-state index is 3.77. The molecule has 0 aliphatic heterocycles. The lowest BCUT2D eigenvalue weighted by molar-refractivity contribution is 0.189. The van der Waals surface area contributed by atoms with Crippen molar-refractivity contribution in [1.29, 1.82) is 0 Å². The Bertz CT molecular complexity index is 209. The van der Waals surface area contributed by atoms with Gasteiger partial charge in [-0.05, 0) is 59.2 Å². The van der Waals surface area contributed by atoms with Gasteiger partial charge < -0.3 is 10.2 Å². The minimum Gasteiger partial charge on any atom is -0.314 e. The first-order chi connectivity index (χ1) is 8.74. The summed E-state index contributed by atoms with van der Waals surface area (Å²) in [6, 6.07) is 1.49. The first-order valence-corrected chi connectivity index (χ1v) is 7.78. The quantitative estimate of drug-likeness (QED) is 0.498. The summed E-state index contributed by atoms with van der Waals surface area (Å²) in [5.74, 6) is 0. The summed E-state index contributed by atoms with van der Waals surface area (Å²) in [6.45, 7) is 8.43. The molecule has 0 aromatic rings. The van der Waals surface area contributed by atoms with Crippen molar-refractivity contribution in [1.82, 2.24) is 10.2 Å². The van der Waals surface area contributed by atoms with Crippen LogP contribution in [0, 0.1) is 0 Å². The van der Waals surface area contributed by atoms with Crippen LogP contribution in [0.15, 0.2) is 12.7 Å². The molecule has 1 aliphatic rings. The second-order valence-electron chi connectivity index (χ2n) is 5.85. The predicted molar refractivity (Wildman–Crippen MR) is 81.0 cm³/mol. The number of hydrogen-bond donors (Lipinski definition) is 1. The highest BCUT2D eigenvalue weighted by Crippen LogP contribution is 2.21. The highest BCUT2D eigenvalue weighted by molar-refractivity contribution is 4.74. The fourth-order valence-corrected chi connectivity index (χ4v) is 2.85. The second-order valence-corrected chi connectivity index (χ2v) is 5.85. The van der Waals surface area contributed by atoms with Crippen molar-refractivity contribution in [2.75, 3.05) is 20.1 Å². The van der Waals surface area contributed by atoms with Gasteiger partial charge in [0.2, 0.25) is 0 Å². The van der Waals surface area contributed by atoms with Crippen molar-refractivity contribution in [2.24, 2.45) is 0 Å². The monoisotopic (exact) mass is 252 g/mol. The van der Waals surface area contributed by atoms with Crippen molar-refractivity contribution < 1.29 is 0 Å². The van der Waals surface area contributed by atoms with E-state index >= 15 is 0 Å². The average Bonchev–Trinajstić information content (AvgIpc) is 2.42. The number of hydrogen-bond acceptors (Lipinski definition) is 2. The zero-order valence-electron chi connectivity index (χ0n) is 12.5. The van der Waals surface area contributed by atoms with Gasteiger partial charge in [-0.2, -0.15) is 0 Å². The van der Waals surface area contributed by atoms with E-state index in [1.807, 2.05) is 6.08 Å². The summed E-state index contributed by atoms with van der Waals surface area (Å²) in [5, 5.41) is 3.60. The summed E-state index contributed by atoms with van der Waals surface area (Å²) in [6.07, 6.45) is 12.8. The van der Waals surface area contributed by atoms with Crippen LogP contribution in [0.1, 0.15) is 58.3 Å². The number of allylic oxidation sites excluding steroid dienone is 1. The number of nitrogens with zero attached hydrogens (tertiary/aromatic N) is 1. The fourth-order valence-electron chi connectivity index (χ4n) is 2.85. The average molecular weight is 252 g/mol. The molecule has 1 aliphatic carbocycles. The normalized spacial score (nSPS) is 19.1. The van der Waals surface area contributed by atoms with E-state index in [-0.39, 0.29) is 0 Å². The van der Waals surface area contributed by atoms with Crippen LogP contribution in [0.3, 0.4) is 0 Å². The highest BCUT2D eigenvalue weighted by atomic mass is 15.1. The summed E-state index contributed by atoms with van der Waals surface area (Å²) >= 11 is 0. The van der Waals surface area contributed by atoms with Crippen LogP contribution in [-0.4, -0.2) is 37.1 Å². The molecule has 2 nitrogen and oxygen atoms in total. The second kappa shape index (κ2) is 9.57. The summed E-state index contributed by atoms with van der Waals surface area (Å²) in [5.41, 5.74) is 0. The fraction of sp³-hybridized carbons (Fsp3) is 0.875. The largest absolute Gasteiger partial charge is 0.314 e. The standard InChI is InChI=1S/C16H32N2/c1-4-5-10-15(2)17-13-9-14-18(3)16-11-7-6-8-12-16/h4,15-17H,1,5-14H2,2-3H3. The Hall–Kier alpha value is -0.340. The molecule has 0 aromatic carbocycles. The minimum atomic E-state index is 0.628. The molecule has 0 heterocycles. The summed E-state index contributed by atoms with van der Waals surface area (Å²) in [7, 11) is 2.30. The van der Waals surface area contributed by atoms with Gasteiger partial charge in [0.25, 0.3) is 0 Å². The molecule has 18 heavy (non-hydrogen) atoms. The molecule has 1 N–H and O–H groups in total. The first-order valence-electron chi connectivity index (χ1n) is 7.78. The molecular formula is C16H32N2. The van der Waals surface area contributed by atoms with Crippen LogP contribution >= 0.6 is 0 Å². The Morgan fingerprint density at radius 3 is 2.72 bits per heavy atom. The maximum Gasteiger partial charge on any atom is 0.00922 e. The molecule has 0 spiro atoms.